The molecule has 1 aromatic heterocycles. The Kier molecular flexibility index (Phi) is 4.59. The van der Waals surface area contributed by atoms with Gasteiger partial charge in [-0.3, -0.25) is 4.79 Å². The van der Waals surface area contributed by atoms with Crippen molar-refractivity contribution >= 4 is 23.7 Å². The van der Waals surface area contributed by atoms with Crippen molar-refractivity contribution in [1.82, 2.24) is 0 Å². The quantitative estimate of drug-likeness (QED) is 0.580. The van der Waals surface area contributed by atoms with Gasteiger partial charge in [0.15, 0.2) is 0 Å². The van der Waals surface area contributed by atoms with Crippen LogP contribution in [0, 0.1) is 6.92 Å². The number of carbonyl (C=O) groups is 1. The van der Waals surface area contributed by atoms with Gasteiger partial charge in [-0.25, -0.2) is 0 Å². The van der Waals surface area contributed by atoms with Crippen LogP contribution >= 0.6 is 11.3 Å². The summed E-state index contributed by atoms with van der Waals surface area (Å²) >= 11 is 1.76. The summed E-state index contributed by atoms with van der Waals surface area (Å²) < 4.78 is 11.6. The molecule has 0 spiro atoms. The molecular formula is C22H18O3S. The lowest BCUT2D eigenvalue weighted by molar-refractivity contribution is -0.105. The maximum absolute atomic E-state index is 10.9. The third-order valence-corrected chi connectivity index (χ3v) is 5.33. The zero-order valence-electron chi connectivity index (χ0n) is 14.4. The predicted molar refractivity (Wildman–Crippen MR) is 105 cm³/mol. The highest BCUT2D eigenvalue weighted by molar-refractivity contribution is 7.12. The van der Waals surface area contributed by atoms with E-state index in [1.807, 2.05) is 30.3 Å². The van der Waals surface area contributed by atoms with Crippen LogP contribution in [0.4, 0.5) is 0 Å². The van der Waals surface area contributed by atoms with Gasteiger partial charge in [0.1, 0.15) is 31.0 Å². The summed E-state index contributed by atoms with van der Waals surface area (Å²) in [4.78, 5) is 13.3. The van der Waals surface area contributed by atoms with Crippen LogP contribution in [0.5, 0.6) is 11.5 Å². The summed E-state index contributed by atoms with van der Waals surface area (Å²) in [7, 11) is 0. The molecule has 4 rings (SSSR count). The Morgan fingerprint density at radius 2 is 2.00 bits per heavy atom. The van der Waals surface area contributed by atoms with Gasteiger partial charge in [0.2, 0.25) is 0 Å². The number of aryl methyl sites for hydroxylation is 1. The fourth-order valence-corrected chi connectivity index (χ4v) is 3.97. The average molecular weight is 362 g/mol. The molecule has 0 unspecified atom stereocenters. The first-order chi connectivity index (χ1) is 12.7. The molecule has 3 aromatic rings. The molecule has 130 valence electrons. The zero-order chi connectivity index (χ0) is 17.9. The Hall–Kier alpha value is -2.85. The van der Waals surface area contributed by atoms with Crippen molar-refractivity contribution in [3.05, 3.63) is 75.5 Å². The number of ether oxygens (including phenoxy) is 2. The average Bonchev–Trinajstić information content (AvgIpc) is 3.07. The normalized spacial score (nSPS) is 12.7. The number of fused-ring (bicyclic) bond motifs is 1. The largest absolute Gasteiger partial charge is 0.488 e. The van der Waals surface area contributed by atoms with Crippen LogP contribution in [0.2, 0.25) is 0 Å². The van der Waals surface area contributed by atoms with Crippen LogP contribution in [0.15, 0.2) is 60.2 Å². The molecule has 2 heterocycles. The molecular weight excluding hydrogens is 344 g/mol. The van der Waals surface area contributed by atoms with E-state index >= 15 is 0 Å². The van der Waals surface area contributed by atoms with E-state index in [0.717, 1.165) is 23.3 Å². The lowest BCUT2D eigenvalue weighted by atomic mass is 10.1. The second-order valence-electron chi connectivity index (χ2n) is 6.16. The van der Waals surface area contributed by atoms with E-state index in [9.17, 15) is 4.79 Å². The van der Waals surface area contributed by atoms with Gasteiger partial charge >= 0.3 is 0 Å². The van der Waals surface area contributed by atoms with Gasteiger partial charge in [0.05, 0.1) is 0 Å². The molecule has 0 fully saturated rings. The number of benzene rings is 2. The van der Waals surface area contributed by atoms with Crippen molar-refractivity contribution in [2.75, 3.05) is 6.61 Å². The first-order valence-electron chi connectivity index (χ1n) is 8.43. The SMILES string of the molecule is Cc1sc(COc2ccc3c(c2)OCC(C=O)=C3)cc1-c1ccccc1. The Balaban J connectivity index is 1.49. The van der Waals surface area contributed by atoms with Gasteiger partial charge in [-0.1, -0.05) is 30.3 Å². The molecule has 0 aliphatic carbocycles. The zero-order valence-corrected chi connectivity index (χ0v) is 15.2. The van der Waals surface area contributed by atoms with E-state index in [1.165, 1.54) is 20.9 Å². The molecule has 0 bridgehead atoms. The number of aldehydes is 1. The Bertz CT molecular complexity index is 970. The smallest absolute Gasteiger partial charge is 0.149 e. The van der Waals surface area contributed by atoms with E-state index in [0.29, 0.717) is 18.8 Å². The van der Waals surface area contributed by atoms with Gasteiger partial charge in [-0.2, -0.15) is 0 Å². The van der Waals surface area contributed by atoms with E-state index < -0.39 is 0 Å². The van der Waals surface area contributed by atoms with Crippen LogP contribution < -0.4 is 9.47 Å². The topological polar surface area (TPSA) is 35.5 Å². The van der Waals surface area contributed by atoms with Crippen LogP contribution in [0.3, 0.4) is 0 Å². The summed E-state index contributed by atoms with van der Waals surface area (Å²) in [5.41, 5.74) is 4.04. The molecule has 0 atom stereocenters. The van der Waals surface area contributed by atoms with Gasteiger partial charge in [-0.15, -0.1) is 11.3 Å². The van der Waals surface area contributed by atoms with Crippen molar-refractivity contribution in [1.29, 1.82) is 0 Å². The van der Waals surface area contributed by atoms with E-state index in [1.54, 1.807) is 11.3 Å². The Labute approximate surface area is 156 Å². The molecule has 1 aliphatic rings. The lowest BCUT2D eigenvalue weighted by Gasteiger charge is -2.16. The first kappa shape index (κ1) is 16.6. The monoisotopic (exact) mass is 362 g/mol. The van der Waals surface area contributed by atoms with Crippen molar-refractivity contribution in [2.24, 2.45) is 0 Å². The third-order valence-electron chi connectivity index (χ3n) is 4.31. The van der Waals surface area contributed by atoms with Crippen molar-refractivity contribution in [3.63, 3.8) is 0 Å². The number of hydrogen-bond acceptors (Lipinski definition) is 4. The molecule has 4 heteroatoms. The van der Waals surface area contributed by atoms with Gasteiger partial charge in [-0.05, 0) is 42.3 Å². The van der Waals surface area contributed by atoms with Gasteiger partial charge in [0.25, 0.3) is 0 Å². The van der Waals surface area contributed by atoms with Crippen LogP contribution in [-0.4, -0.2) is 12.9 Å². The lowest BCUT2D eigenvalue weighted by Crippen LogP contribution is -2.08. The first-order valence-corrected chi connectivity index (χ1v) is 9.25. The molecule has 26 heavy (non-hydrogen) atoms. The number of carbonyl (C=O) groups excluding carboxylic acids is 1. The van der Waals surface area contributed by atoms with E-state index in [4.69, 9.17) is 9.47 Å². The minimum atomic E-state index is 0.310. The summed E-state index contributed by atoms with van der Waals surface area (Å²) in [6, 6.07) is 18.3. The maximum atomic E-state index is 10.9. The molecule has 0 N–H and O–H groups in total. The fraction of sp³-hybridized carbons (Fsp3) is 0.136. The molecule has 0 saturated carbocycles. The predicted octanol–water partition coefficient (Wildman–Crippen LogP) is 5.28. The van der Waals surface area contributed by atoms with Gasteiger partial charge < -0.3 is 9.47 Å². The highest BCUT2D eigenvalue weighted by atomic mass is 32.1. The van der Waals surface area contributed by atoms with Crippen LogP contribution in [0.25, 0.3) is 17.2 Å². The Morgan fingerprint density at radius 1 is 1.15 bits per heavy atom. The van der Waals surface area contributed by atoms with Crippen molar-refractivity contribution < 1.29 is 14.3 Å². The summed E-state index contributed by atoms with van der Waals surface area (Å²) in [6.07, 6.45) is 2.68. The number of rotatable bonds is 5. The third kappa shape index (κ3) is 3.41. The van der Waals surface area contributed by atoms with E-state index in [-0.39, 0.29) is 0 Å². The summed E-state index contributed by atoms with van der Waals surface area (Å²) in [6.45, 7) is 2.97. The number of hydrogen-bond donors (Lipinski definition) is 0. The fourth-order valence-electron chi connectivity index (χ4n) is 2.99. The van der Waals surface area contributed by atoms with E-state index in [2.05, 4.69) is 37.3 Å². The molecule has 3 nitrogen and oxygen atoms in total. The maximum Gasteiger partial charge on any atom is 0.149 e. The second-order valence-corrected chi connectivity index (χ2v) is 7.50. The summed E-state index contributed by atoms with van der Waals surface area (Å²) in [5, 5.41) is 0. The van der Waals surface area contributed by atoms with Crippen molar-refractivity contribution in [3.8, 4) is 22.6 Å². The highest BCUT2D eigenvalue weighted by Gasteiger charge is 2.13. The minimum absolute atomic E-state index is 0.310. The van der Waals surface area contributed by atoms with Crippen LogP contribution in [0.1, 0.15) is 15.3 Å². The molecule has 0 radical (unpaired) electrons. The Morgan fingerprint density at radius 3 is 2.81 bits per heavy atom. The number of thiophene rings is 1. The minimum Gasteiger partial charge on any atom is -0.488 e. The molecule has 0 amide bonds. The molecule has 1 aliphatic heterocycles. The van der Waals surface area contributed by atoms with Gasteiger partial charge in [0, 0.05) is 27.0 Å². The summed E-state index contributed by atoms with van der Waals surface area (Å²) in [5.74, 6) is 1.51. The second kappa shape index (κ2) is 7.18. The standard InChI is InChI=1S/C22H18O3S/c1-15-21(17-5-3-2-4-6-17)11-20(26-15)14-24-19-8-7-18-9-16(12-23)13-25-22(18)10-19/h2-12H,13-14H2,1H3. The molecule has 2 aromatic carbocycles. The molecule has 0 saturated heterocycles. The van der Waals surface area contributed by atoms with Crippen molar-refractivity contribution in [2.45, 2.75) is 13.5 Å². The van der Waals surface area contributed by atoms with Crippen LogP contribution in [-0.2, 0) is 11.4 Å². The highest BCUT2D eigenvalue weighted by Crippen LogP contribution is 2.33.